The normalized spacial score (nSPS) is 28.1. The summed E-state index contributed by atoms with van der Waals surface area (Å²) in [7, 11) is 0. The van der Waals surface area contributed by atoms with Crippen LogP contribution in [0.3, 0.4) is 0 Å². The van der Waals surface area contributed by atoms with Crippen molar-refractivity contribution in [3.8, 4) is 0 Å². The standard InChI is InChI=1S/C11H21N3O3/c15-9-10-11(16)12-1-2-14(10)4-3-13-5-7-17-8-6-13/h10,15H,1-9H2,(H,12,16). The van der Waals surface area contributed by atoms with E-state index in [0.717, 1.165) is 45.9 Å². The van der Waals surface area contributed by atoms with Crippen molar-refractivity contribution in [1.29, 1.82) is 0 Å². The number of nitrogens with one attached hydrogen (secondary N) is 1. The van der Waals surface area contributed by atoms with Crippen LogP contribution in [-0.4, -0.2) is 85.9 Å². The highest BCUT2D eigenvalue weighted by atomic mass is 16.5. The van der Waals surface area contributed by atoms with Crippen LogP contribution in [0.1, 0.15) is 0 Å². The molecule has 1 amide bonds. The number of amides is 1. The molecule has 2 rings (SSSR count). The molecule has 6 heteroatoms. The van der Waals surface area contributed by atoms with E-state index in [1.807, 2.05) is 0 Å². The molecule has 0 bridgehead atoms. The first kappa shape index (κ1) is 12.8. The summed E-state index contributed by atoms with van der Waals surface area (Å²) in [6, 6.07) is -0.371. The SMILES string of the molecule is O=C1NCCN(CCN2CCOCC2)C1CO. The first-order valence-electron chi connectivity index (χ1n) is 6.24. The number of morpholine rings is 1. The molecule has 1 unspecified atom stereocenters. The first-order chi connectivity index (χ1) is 8.31. The molecule has 2 heterocycles. The van der Waals surface area contributed by atoms with Crippen LogP contribution in [-0.2, 0) is 9.53 Å². The second-order valence-electron chi connectivity index (χ2n) is 4.48. The van der Waals surface area contributed by atoms with Crippen molar-refractivity contribution in [3.63, 3.8) is 0 Å². The van der Waals surface area contributed by atoms with E-state index in [4.69, 9.17) is 4.74 Å². The number of rotatable bonds is 4. The molecule has 2 fully saturated rings. The molecule has 0 saturated carbocycles. The summed E-state index contributed by atoms with van der Waals surface area (Å²) in [5.74, 6) is -0.0549. The molecule has 0 aromatic carbocycles. The minimum absolute atomic E-state index is 0.0549. The van der Waals surface area contributed by atoms with Crippen LogP contribution in [0.4, 0.5) is 0 Å². The highest BCUT2D eigenvalue weighted by Gasteiger charge is 2.28. The number of nitrogens with zero attached hydrogens (tertiary/aromatic N) is 2. The highest BCUT2D eigenvalue weighted by molar-refractivity contribution is 5.82. The van der Waals surface area contributed by atoms with Crippen LogP contribution in [0.5, 0.6) is 0 Å². The van der Waals surface area contributed by atoms with Gasteiger partial charge in [0.25, 0.3) is 0 Å². The number of hydrogen-bond donors (Lipinski definition) is 2. The highest BCUT2D eigenvalue weighted by Crippen LogP contribution is 2.05. The Morgan fingerprint density at radius 1 is 1.29 bits per heavy atom. The van der Waals surface area contributed by atoms with E-state index in [9.17, 15) is 9.90 Å². The molecule has 98 valence electrons. The van der Waals surface area contributed by atoms with Crippen LogP contribution < -0.4 is 5.32 Å². The number of piperazine rings is 1. The van der Waals surface area contributed by atoms with Crippen molar-refractivity contribution in [3.05, 3.63) is 0 Å². The molecular formula is C11H21N3O3. The molecular weight excluding hydrogens is 222 g/mol. The summed E-state index contributed by atoms with van der Waals surface area (Å²) < 4.78 is 5.29. The Balaban J connectivity index is 1.78. The van der Waals surface area contributed by atoms with Gasteiger partial charge in [0.1, 0.15) is 6.04 Å². The van der Waals surface area contributed by atoms with Gasteiger partial charge in [0, 0.05) is 39.3 Å². The molecule has 6 nitrogen and oxygen atoms in total. The van der Waals surface area contributed by atoms with Crippen molar-refractivity contribution >= 4 is 5.91 Å². The van der Waals surface area contributed by atoms with Crippen LogP contribution in [0.25, 0.3) is 0 Å². The van der Waals surface area contributed by atoms with Crippen molar-refractivity contribution in [2.75, 3.05) is 59.1 Å². The number of aliphatic hydroxyl groups excluding tert-OH is 1. The van der Waals surface area contributed by atoms with Gasteiger partial charge in [0.15, 0.2) is 0 Å². The van der Waals surface area contributed by atoms with Gasteiger partial charge in [-0.3, -0.25) is 14.6 Å². The fraction of sp³-hybridized carbons (Fsp3) is 0.909. The van der Waals surface area contributed by atoms with E-state index in [2.05, 4.69) is 15.1 Å². The summed E-state index contributed by atoms with van der Waals surface area (Å²) >= 11 is 0. The van der Waals surface area contributed by atoms with Crippen LogP contribution in [0, 0.1) is 0 Å². The zero-order valence-electron chi connectivity index (χ0n) is 10.1. The third kappa shape index (κ3) is 3.38. The van der Waals surface area contributed by atoms with E-state index in [0.29, 0.717) is 6.54 Å². The van der Waals surface area contributed by atoms with E-state index < -0.39 is 0 Å². The third-order valence-corrected chi connectivity index (χ3v) is 3.42. The summed E-state index contributed by atoms with van der Waals surface area (Å²) in [5, 5.41) is 12.0. The van der Waals surface area contributed by atoms with E-state index >= 15 is 0 Å². The Morgan fingerprint density at radius 2 is 2.06 bits per heavy atom. The lowest BCUT2D eigenvalue weighted by atomic mass is 10.2. The number of carbonyl (C=O) groups is 1. The topological polar surface area (TPSA) is 65.0 Å². The third-order valence-electron chi connectivity index (χ3n) is 3.42. The molecule has 0 aromatic heterocycles. The second kappa shape index (κ2) is 6.30. The van der Waals surface area contributed by atoms with Crippen molar-refractivity contribution < 1.29 is 14.6 Å². The zero-order valence-corrected chi connectivity index (χ0v) is 10.1. The monoisotopic (exact) mass is 243 g/mol. The molecule has 2 N–H and O–H groups in total. The van der Waals surface area contributed by atoms with Gasteiger partial charge in [-0.05, 0) is 0 Å². The summed E-state index contributed by atoms with van der Waals surface area (Å²) in [4.78, 5) is 15.9. The maximum atomic E-state index is 11.5. The van der Waals surface area contributed by atoms with E-state index in [-0.39, 0.29) is 18.6 Å². The fourth-order valence-electron chi connectivity index (χ4n) is 2.32. The minimum atomic E-state index is -0.371. The molecule has 2 saturated heterocycles. The maximum absolute atomic E-state index is 11.5. The van der Waals surface area contributed by atoms with Gasteiger partial charge in [-0.25, -0.2) is 0 Å². The lowest BCUT2D eigenvalue weighted by Crippen LogP contribution is -2.58. The smallest absolute Gasteiger partial charge is 0.239 e. The predicted molar refractivity (Wildman–Crippen MR) is 62.7 cm³/mol. The average molecular weight is 243 g/mol. The van der Waals surface area contributed by atoms with Gasteiger partial charge in [0.2, 0.25) is 5.91 Å². The lowest BCUT2D eigenvalue weighted by molar-refractivity contribution is -0.130. The number of carbonyl (C=O) groups excluding carboxylic acids is 1. The lowest BCUT2D eigenvalue weighted by Gasteiger charge is -2.36. The first-order valence-corrected chi connectivity index (χ1v) is 6.24. The maximum Gasteiger partial charge on any atom is 0.239 e. The Kier molecular flexibility index (Phi) is 4.73. The summed E-state index contributed by atoms with van der Waals surface area (Å²) in [5.41, 5.74) is 0. The van der Waals surface area contributed by atoms with E-state index in [1.165, 1.54) is 0 Å². The molecule has 2 aliphatic heterocycles. The van der Waals surface area contributed by atoms with Gasteiger partial charge in [0.05, 0.1) is 19.8 Å². The Hall–Kier alpha value is -0.690. The number of hydrogen-bond acceptors (Lipinski definition) is 5. The average Bonchev–Trinajstić information content (AvgIpc) is 2.37. The summed E-state index contributed by atoms with van der Waals surface area (Å²) in [6.45, 7) is 6.68. The molecule has 0 radical (unpaired) electrons. The Labute approximate surface area is 102 Å². The van der Waals surface area contributed by atoms with Crippen molar-refractivity contribution in [2.24, 2.45) is 0 Å². The summed E-state index contributed by atoms with van der Waals surface area (Å²) in [6.07, 6.45) is 0. The molecule has 0 aliphatic carbocycles. The van der Waals surface area contributed by atoms with E-state index in [1.54, 1.807) is 0 Å². The van der Waals surface area contributed by atoms with Crippen LogP contribution in [0.15, 0.2) is 0 Å². The zero-order chi connectivity index (χ0) is 12.1. The fourth-order valence-corrected chi connectivity index (χ4v) is 2.32. The Bertz CT molecular complexity index is 256. The van der Waals surface area contributed by atoms with Crippen LogP contribution >= 0.6 is 0 Å². The number of ether oxygens (including phenoxy) is 1. The van der Waals surface area contributed by atoms with Gasteiger partial charge in [-0.1, -0.05) is 0 Å². The number of aliphatic hydroxyl groups is 1. The van der Waals surface area contributed by atoms with Crippen LogP contribution in [0.2, 0.25) is 0 Å². The minimum Gasteiger partial charge on any atom is -0.394 e. The van der Waals surface area contributed by atoms with Crippen molar-refractivity contribution in [1.82, 2.24) is 15.1 Å². The Morgan fingerprint density at radius 3 is 2.76 bits per heavy atom. The molecule has 17 heavy (non-hydrogen) atoms. The van der Waals surface area contributed by atoms with Crippen molar-refractivity contribution in [2.45, 2.75) is 6.04 Å². The quantitative estimate of drug-likeness (QED) is 0.604. The van der Waals surface area contributed by atoms with Gasteiger partial charge >= 0.3 is 0 Å². The van der Waals surface area contributed by atoms with Gasteiger partial charge < -0.3 is 15.2 Å². The molecule has 0 aromatic rings. The van der Waals surface area contributed by atoms with Gasteiger partial charge in [-0.2, -0.15) is 0 Å². The molecule has 0 spiro atoms. The second-order valence-corrected chi connectivity index (χ2v) is 4.48. The van der Waals surface area contributed by atoms with Gasteiger partial charge in [-0.15, -0.1) is 0 Å². The predicted octanol–water partition coefficient (Wildman–Crippen LogP) is -1.89. The largest absolute Gasteiger partial charge is 0.394 e. The molecule has 2 aliphatic rings. The molecule has 1 atom stereocenters.